The Kier molecular flexibility index (Phi) is 2.89. The van der Waals surface area contributed by atoms with Crippen LogP contribution in [0, 0.1) is 5.82 Å². The lowest BCUT2D eigenvalue weighted by Gasteiger charge is -1.98. The Morgan fingerprint density at radius 3 is 2.75 bits per heavy atom. The molecule has 0 bridgehead atoms. The fraction of sp³-hybridized carbons (Fsp3) is 0.200. The van der Waals surface area contributed by atoms with E-state index < -0.39 is 5.82 Å². The maximum atomic E-state index is 13.2. The van der Waals surface area contributed by atoms with Crippen molar-refractivity contribution in [1.29, 1.82) is 0 Å². The Bertz CT molecular complexity index is 513. The maximum absolute atomic E-state index is 13.2. The molecule has 0 saturated heterocycles. The highest BCUT2D eigenvalue weighted by atomic mass is 35.5. The monoisotopic (exact) mass is 241 g/mol. The molecule has 2 aromatic rings. The van der Waals surface area contributed by atoms with E-state index in [0.717, 1.165) is 0 Å². The lowest BCUT2D eigenvalue weighted by Crippen LogP contribution is -2.04. The molecule has 1 heterocycles. The molecule has 0 aliphatic rings. The Morgan fingerprint density at radius 2 is 2.19 bits per heavy atom. The van der Waals surface area contributed by atoms with Gasteiger partial charge >= 0.3 is 0 Å². The fourth-order valence-corrected chi connectivity index (χ4v) is 1.28. The van der Waals surface area contributed by atoms with Crippen molar-refractivity contribution < 1.29 is 8.81 Å². The normalized spacial score (nSPS) is 12.8. The van der Waals surface area contributed by atoms with Crippen LogP contribution in [0.4, 0.5) is 4.39 Å². The van der Waals surface area contributed by atoms with Crippen molar-refractivity contribution >= 4 is 11.6 Å². The Labute approximate surface area is 96.2 Å². The summed E-state index contributed by atoms with van der Waals surface area (Å²) < 4.78 is 18.5. The van der Waals surface area contributed by atoms with Gasteiger partial charge < -0.3 is 10.2 Å². The topological polar surface area (TPSA) is 64.9 Å². The molecule has 0 saturated carbocycles. The van der Waals surface area contributed by atoms with Crippen LogP contribution in [0.3, 0.4) is 0 Å². The van der Waals surface area contributed by atoms with Crippen molar-refractivity contribution in [3.05, 3.63) is 34.9 Å². The van der Waals surface area contributed by atoms with Crippen LogP contribution in [0.2, 0.25) is 5.02 Å². The van der Waals surface area contributed by atoms with Gasteiger partial charge in [-0.1, -0.05) is 11.6 Å². The largest absolute Gasteiger partial charge is 0.419 e. The number of rotatable bonds is 2. The minimum Gasteiger partial charge on any atom is -0.419 e. The van der Waals surface area contributed by atoms with Crippen molar-refractivity contribution in [3.63, 3.8) is 0 Å². The summed E-state index contributed by atoms with van der Waals surface area (Å²) in [6, 6.07) is 3.92. The van der Waals surface area contributed by atoms with Gasteiger partial charge in [0.15, 0.2) is 0 Å². The van der Waals surface area contributed by atoms with Crippen LogP contribution in [0.1, 0.15) is 18.9 Å². The van der Waals surface area contributed by atoms with E-state index in [1.54, 1.807) is 13.0 Å². The predicted octanol–water partition coefficient (Wildman–Crippen LogP) is 2.55. The van der Waals surface area contributed by atoms with E-state index in [4.69, 9.17) is 21.8 Å². The third-order valence-electron chi connectivity index (χ3n) is 2.00. The summed E-state index contributed by atoms with van der Waals surface area (Å²) in [5.74, 6) is 0.00735. The van der Waals surface area contributed by atoms with Gasteiger partial charge in [-0.05, 0) is 25.1 Å². The van der Waals surface area contributed by atoms with Crippen molar-refractivity contribution in [1.82, 2.24) is 10.2 Å². The summed E-state index contributed by atoms with van der Waals surface area (Å²) in [6.45, 7) is 1.72. The molecule has 16 heavy (non-hydrogen) atoms. The molecule has 0 spiro atoms. The number of hydrogen-bond acceptors (Lipinski definition) is 4. The molecule has 4 nitrogen and oxygen atoms in total. The Balaban J connectivity index is 2.39. The van der Waals surface area contributed by atoms with Gasteiger partial charge in [-0.2, -0.15) is 0 Å². The third kappa shape index (κ3) is 2.05. The van der Waals surface area contributed by atoms with E-state index in [1.807, 2.05) is 0 Å². The maximum Gasteiger partial charge on any atom is 0.247 e. The lowest BCUT2D eigenvalue weighted by molar-refractivity contribution is 0.473. The highest BCUT2D eigenvalue weighted by molar-refractivity contribution is 6.30. The SMILES string of the molecule is CC(N)c1nnc(-c2ccc(Cl)c(F)c2)o1. The zero-order valence-electron chi connectivity index (χ0n) is 8.45. The molecule has 2 rings (SSSR count). The van der Waals surface area contributed by atoms with Gasteiger partial charge in [-0.3, -0.25) is 0 Å². The van der Waals surface area contributed by atoms with E-state index in [2.05, 4.69) is 10.2 Å². The molecule has 0 aliphatic carbocycles. The minimum absolute atomic E-state index is 0.0516. The average molecular weight is 242 g/mol. The molecule has 1 unspecified atom stereocenters. The standard InChI is InChI=1S/C10H9ClFN3O/c1-5(13)9-14-15-10(16-9)6-2-3-7(11)8(12)4-6/h2-5H,13H2,1H3. The van der Waals surface area contributed by atoms with Crippen LogP contribution in [0.5, 0.6) is 0 Å². The van der Waals surface area contributed by atoms with Crippen molar-refractivity contribution in [3.8, 4) is 11.5 Å². The number of benzene rings is 1. The lowest BCUT2D eigenvalue weighted by atomic mass is 10.2. The first-order valence-electron chi connectivity index (χ1n) is 4.62. The first-order chi connectivity index (χ1) is 7.58. The number of nitrogens with two attached hydrogens (primary N) is 1. The van der Waals surface area contributed by atoms with Crippen LogP contribution in [0.25, 0.3) is 11.5 Å². The quantitative estimate of drug-likeness (QED) is 0.878. The van der Waals surface area contributed by atoms with Gasteiger partial charge in [-0.25, -0.2) is 4.39 Å². The van der Waals surface area contributed by atoms with Crippen LogP contribution in [-0.4, -0.2) is 10.2 Å². The second-order valence-electron chi connectivity index (χ2n) is 3.36. The average Bonchev–Trinajstić information content (AvgIpc) is 2.71. The molecule has 1 aromatic carbocycles. The first kappa shape index (κ1) is 11.0. The second-order valence-corrected chi connectivity index (χ2v) is 3.77. The third-order valence-corrected chi connectivity index (χ3v) is 2.30. The molecule has 84 valence electrons. The summed E-state index contributed by atoms with van der Waals surface area (Å²) in [6.07, 6.45) is 0. The summed E-state index contributed by atoms with van der Waals surface area (Å²) in [4.78, 5) is 0. The number of aromatic nitrogens is 2. The minimum atomic E-state index is -0.528. The van der Waals surface area contributed by atoms with Gasteiger partial charge in [0.1, 0.15) is 5.82 Å². The summed E-state index contributed by atoms with van der Waals surface area (Å²) in [7, 11) is 0. The van der Waals surface area contributed by atoms with E-state index in [-0.39, 0.29) is 17.0 Å². The molecule has 6 heteroatoms. The van der Waals surface area contributed by atoms with Crippen molar-refractivity contribution in [2.45, 2.75) is 13.0 Å². The smallest absolute Gasteiger partial charge is 0.247 e. The van der Waals surface area contributed by atoms with E-state index in [1.165, 1.54) is 12.1 Å². The number of hydrogen-bond donors (Lipinski definition) is 1. The molecule has 2 N–H and O–H groups in total. The first-order valence-corrected chi connectivity index (χ1v) is 5.00. The fourth-order valence-electron chi connectivity index (χ4n) is 1.16. The van der Waals surface area contributed by atoms with Crippen LogP contribution >= 0.6 is 11.6 Å². The van der Waals surface area contributed by atoms with Crippen LogP contribution in [0.15, 0.2) is 22.6 Å². The molecule has 0 amide bonds. The summed E-state index contributed by atoms with van der Waals surface area (Å²) in [5, 5.41) is 7.57. The van der Waals surface area contributed by atoms with E-state index in [0.29, 0.717) is 11.5 Å². The zero-order valence-corrected chi connectivity index (χ0v) is 9.20. The van der Waals surface area contributed by atoms with Crippen LogP contribution in [-0.2, 0) is 0 Å². The molecular formula is C10H9ClFN3O. The van der Waals surface area contributed by atoms with Gasteiger partial charge in [0.2, 0.25) is 11.8 Å². The van der Waals surface area contributed by atoms with E-state index >= 15 is 0 Å². The Hall–Kier alpha value is -1.46. The van der Waals surface area contributed by atoms with E-state index in [9.17, 15) is 4.39 Å². The highest BCUT2D eigenvalue weighted by Gasteiger charge is 2.12. The van der Waals surface area contributed by atoms with Gasteiger partial charge in [-0.15, -0.1) is 10.2 Å². The molecular weight excluding hydrogens is 233 g/mol. The Morgan fingerprint density at radius 1 is 1.44 bits per heavy atom. The predicted molar refractivity (Wildman–Crippen MR) is 57.3 cm³/mol. The van der Waals surface area contributed by atoms with Gasteiger partial charge in [0.25, 0.3) is 0 Å². The highest BCUT2D eigenvalue weighted by Crippen LogP contribution is 2.24. The molecule has 0 fully saturated rings. The van der Waals surface area contributed by atoms with Crippen molar-refractivity contribution in [2.75, 3.05) is 0 Å². The zero-order chi connectivity index (χ0) is 11.7. The van der Waals surface area contributed by atoms with Gasteiger partial charge in [0, 0.05) is 5.56 Å². The summed E-state index contributed by atoms with van der Waals surface area (Å²) in [5.41, 5.74) is 6.04. The van der Waals surface area contributed by atoms with Gasteiger partial charge in [0.05, 0.1) is 11.1 Å². The molecule has 0 aliphatic heterocycles. The molecule has 0 radical (unpaired) electrons. The molecule has 1 aromatic heterocycles. The number of halogens is 2. The van der Waals surface area contributed by atoms with Crippen LogP contribution < -0.4 is 5.73 Å². The molecule has 1 atom stereocenters. The van der Waals surface area contributed by atoms with Crippen molar-refractivity contribution in [2.24, 2.45) is 5.73 Å². The second kappa shape index (κ2) is 4.19. The summed E-state index contributed by atoms with van der Waals surface area (Å²) >= 11 is 5.56. The number of nitrogens with zero attached hydrogens (tertiary/aromatic N) is 2.